The topological polar surface area (TPSA) is 29.4 Å². The molecule has 0 saturated heterocycles. The van der Waals surface area contributed by atoms with Crippen LogP contribution in [-0.2, 0) is 0 Å². The molecular weight excluding hydrogens is 258 g/mol. The van der Waals surface area contributed by atoms with Crippen LogP contribution in [-0.4, -0.2) is 11.5 Å². The zero-order valence-electron chi connectivity index (χ0n) is 14.1. The van der Waals surface area contributed by atoms with Crippen molar-refractivity contribution < 1.29 is 4.79 Å². The molecule has 21 heavy (non-hydrogen) atoms. The molecule has 0 unspecified atom stereocenters. The second kappa shape index (κ2) is 11.0. The molecule has 0 N–H and O–H groups in total. The van der Waals surface area contributed by atoms with Crippen molar-refractivity contribution in [1.29, 1.82) is 0 Å². The van der Waals surface area contributed by atoms with Crippen molar-refractivity contribution in [3.63, 3.8) is 0 Å². The van der Waals surface area contributed by atoms with E-state index in [2.05, 4.69) is 18.5 Å². The van der Waals surface area contributed by atoms with Crippen LogP contribution in [0.2, 0.25) is 0 Å². The Kier molecular flexibility index (Phi) is 10.1. The van der Waals surface area contributed by atoms with Crippen molar-refractivity contribution in [2.75, 3.05) is 0 Å². The number of Topliss-reactive ketones (excluding diaryl/α,β-unsaturated/α-hetero) is 1. The summed E-state index contributed by atoms with van der Waals surface area (Å²) >= 11 is 0. The normalized spacial score (nSPS) is 13.3. The van der Waals surface area contributed by atoms with Crippen LogP contribution < -0.4 is 0 Å². The fraction of sp³-hybridized carbons (Fsp3) is 0.474. The van der Waals surface area contributed by atoms with Gasteiger partial charge in [-0.05, 0) is 25.3 Å². The maximum atomic E-state index is 11.0. The minimum atomic E-state index is 0.0786. The van der Waals surface area contributed by atoms with Crippen molar-refractivity contribution in [3.8, 4) is 0 Å². The van der Waals surface area contributed by atoms with Gasteiger partial charge in [0, 0.05) is 17.5 Å². The molecule has 1 aromatic carbocycles. The van der Waals surface area contributed by atoms with Crippen LogP contribution in [0, 0.1) is 5.92 Å². The Labute approximate surface area is 130 Å². The smallest absolute Gasteiger partial charge is 0.159 e. The average molecular weight is 287 g/mol. The molecule has 0 spiro atoms. The fourth-order valence-electron chi connectivity index (χ4n) is 1.68. The summed E-state index contributed by atoms with van der Waals surface area (Å²) in [6.07, 6.45) is 5.95. The lowest BCUT2D eigenvalue weighted by atomic mass is 10.1. The van der Waals surface area contributed by atoms with Crippen molar-refractivity contribution in [1.82, 2.24) is 0 Å². The molecule has 2 rings (SSSR count). The minimum absolute atomic E-state index is 0.0786. The summed E-state index contributed by atoms with van der Waals surface area (Å²) in [6.45, 7) is 13.3. The molecule has 2 nitrogen and oxygen atoms in total. The summed E-state index contributed by atoms with van der Waals surface area (Å²) in [5.41, 5.74) is 2.63. The highest BCUT2D eigenvalue weighted by Gasteiger charge is 2.17. The molecule has 1 aliphatic carbocycles. The van der Waals surface area contributed by atoms with Gasteiger partial charge in [0.15, 0.2) is 5.78 Å². The first-order valence-electron chi connectivity index (χ1n) is 7.85. The fourth-order valence-corrected chi connectivity index (χ4v) is 1.68. The van der Waals surface area contributed by atoms with E-state index < -0.39 is 0 Å². The summed E-state index contributed by atoms with van der Waals surface area (Å²) in [5.74, 6) is 1.21. The highest BCUT2D eigenvalue weighted by Crippen LogP contribution is 2.31. The van der Waals surface area contributed by atoms with E-state index in [4.69, 9.17) is 0 Å². The molecule has 116 valence electrons. The van der Waals surface area contributed by atoms with Crippen LogP contribution in [0.25, 0.3) is 0 Å². The molecule has 1 aliphatic rings. The monoisotopic (exact) mass is 287 g/mol. The van der Waals surface area contributed by atoms with Crippen LogP contribution in [0.4, 0.5) is 0 Å². The van der Waals surface area contributed by atoms with Crippen molar-refractivity contribution in [2.24, 2.45) is 10.9 Å². The highest BCUT2D eigenvalue weighted by molar-refractivity contribution is 6.00. The van der Waals surface area contributed by atoms with E-state index in [0.29, 0.717) is 0 Å². The van der Waals surface area contributed by atoms with Gasteiger partial charge in [-0.1, -0.05) is 70.9 Å². The number of hydrogen-bond donors (Lipinski definition) is 0. The van der Waals surface area contributed by atoms with Gasteiger partial charge in [0.25, 0.3) is 0 Å². The highest BCUT2D eigenvalue weighted by atomic mass is 16.1. The summed E-state index contributed by atoms with van der Waals surface area (Å²) in [7, 11) is 0. The first kappa shape index (κ1) is 19.3. The summed E-state index contributed by atoms with van der Waals surface area (Å²) < 4.78 is 0. The maximum Gasteiger partial charge on any atom is 0.159 e. The predicted molar refractivity (Wildman–Crippen MR) is 93.2 cm³/mol. The average Bonchev–Trinajstić information content (AvgIpc) is 3.34. The number of nitrogens with zero attached hydrogens (tertiary/aromatic N) is 1. The van der Waals surface area contributed by atoms with Gasteiger partial charge >= 0.3 is 0 Å². The van der Waals surface area contributed by atoms with E-state index in [1.807, 2.05) is 32.9 Å². The Morgan fingerprint density at radius 3 is 1.95 bits per heavy atom. The lowest BCUT2D eigenvalue weighted by Crippen LogP contribution is -1.96. The van der Waals surface area contributed by atoms with Crippen LogP contribution in [0.3, 0.4) is 0 Å². The quantitative estimate of drug-likeness (QED) is 0.518. The van der Waals surface area contributed by atoms with E-state index in [0.717, 1.165) is 22.8 Å². The summed E-state index contributed by atoms with van der Waals surface area (Å²) in [6, 6.07) is 7.39. The lowest BCUT2D eigenvalue weighted by molar-refractivity contribution is 0.101. The van der Waals surface area contributed by atoms with E-state index in [-0.39, 0.29) is 5.78 Å². The lowest BCUT2D eigenvalue weighted by Gasteiger charge is -2.00. The Morgan fingerprint density at radius 2 is 1.67 bits per heavy atom. The molecule has 0 heterocycles. The number of ketones is 1. The number of benzene rings is 1. The SMILES string of the molecule is C=CN=C(C)c1ccc(C(C)=O)cc1.CC.CCC1CC1. The van der Waals surface area contributed by atoms with E-state index >= 15 is 0 Å². The van der Waals surface area contributed by atoms with E-state index in [9.17, 15) is 4.79 Å². The third-order valence-corrected chi connectivity index (χ3v) is 3.27. The number of carbonyl (C=O) groups excluding carboxylic acids is 1. The first-order chi connectivity index (χ1) is 10.1. The summed E-state index contributed by atoms with van der Waals surface area (Å²) in [5, 5.41) is 0. The molecule has 0 bridgehead atoms. The molecular formula is C19H29NO. The number of rotatable bonds is 4. The zero-order valence-corrected chi connectivity index (χ0v) is 14.1. The second-order valence-corrected chi connectivity index (χ2v) is 4.88. The molecule has 0 amide bonds. The Balaban J connectivity index is 0.000000473. The molecule has 1 fully saturated rings. The molecule has 0 aromatic heterocycles. The standard InChI is InChI=1S/C12H13NO.C5H10.C2H6/c1-4-13-9(2)11-5-7-12(8-6-11)10(3)14;1-2-5-3-4-5;1-2/h4-8H,1H2,2-3H3;5H,2-4H2,1H3;1-2H3. The Morgan fingerprint density at radius 1 is 1.19 bits per heavy atom. The van der Waals surface area contributed by atoms with Crippen molar-refractivity contribution in [3.05, 3.63) is 48.2 Å². The number of aliphatic imine (C=N–C) groups is 1. The number of carbonyl (C=O) groups is 1. The minimum Gasteiger partial charge on any atom is -0.295 e. The van der Waals surface area contributed by atoms with Gasteiger partial charge in [0.05, 0.1) is 0 Å². The van der Waals surface area contributed by atoms with E-state index in [1.165, 1.54) is 25.5 Å². The van der Waals surface area contributed by atoms with Gasteiger partial charge in [-0.15, -0.1) is 0 Å². The van der Waals surface area contributed by atoms with Crippen molar-refractivity contribution >= 4 is 11.5 Å². The molecule has 0 atom stereocenters. The van der Waals surface area contributed by atoms with Gasteiger partial charge in [-0.3, -0.25) is 9.79 Å². The Bertz CT molecular complexity index is 453. The van der Waals surface area contributed by atoms with Crippen molar-refractivity contribution in [2.45, 2.75) is 53.9 Å². The van der Waals surface area contributed by atoms with Gasteiger partial charge in [0.1, 0.15) is 0 Å². The number of hydrogen-bond acceptors (Lipinski definition) is 2. The zero-order chi connectivity index (χ0) is 16.3. The van der Waals surface area contributed by atoms with Gasteiger partial charge in [0.2, 0.25) is 0 Å². The van der Waals surface area contributed by atoms with Gasteiger partial charge in [-0.2, -0.15) is 0 Å². The second-order valence-electron chi connectivity index (χ2n) is 4.88. The maximum absolute atomic E-state index is 11.0. The third kappa shape index (κ3) is 8.23. The molecule has 1 saturated carbocycles. The largest absolute Gasteiger partial charge is 0.295 e. The van der Waals surface area contributed by atoms with Crippen LogP contribution in [0.15, 0.2) is 42.0 Å². The Hall–Kier alpha value is -1.70. The predicted octanol–water partition coefficient (Wildman–Crippen LogP) is 5.67. The molecule has 0 radical (unpaired) electrons. The van der Waals surface area contributed by atoms with E-state index in [1.54, 1.807) is 19.1 Å². The van der Waals surface area contributed by atoms with Gasteiger partial charge in [-0.25, -0.2) is 0 Å². The van der Waals surface area contributed by atoms with Crippen LogP contribution in [0.5, 0.6) is 0 Å². The molecule has 0 aliphatic heterocycles. The van der Waals surface area contributed by atoms with Crippen LogP contribution >= 0.6 is 0 Å². The molecule has 2 heteroatoms. The van der Waals surface area contributed by atoms with Crippen LogP contribution in [0.1, 0.15) is 69.8 Å². The molecule has 1 aromatic rings. The first-order valence-corrected chi connectivity index (χ1v) is 7.85. The van der Waals surface area contributed by atoms with Gasteiger partial charge < -0.3 is 0 Å². The third-order valence-electron chi connectivity index (χ3n) is 3.27. The summed E-state index contributed by atoms with van der Waals surface area (Å²) in [4.78, 5) is 15.1.